The van der Waals surface area contributed by atoms with Crippen LogP contribution < -0.4 is 5.32 Å². The highest BCUT2D eigenvalue weighted by atomic mass is 79.9. The van der Waals surface area contributed by atoms with Crippen LogP contribution in [0.1, 0.15) is 47.9 Å². The average Bonchev–Trinajstić information content (AvgIpc) is 2.91. The van der Waals surface area contributed by atoms with Gasteiger partial charge in [0.15, 0.2) is 0 Å². The Bertz CT molecular complexity index is 1310. The van der Waals surface area contributed by atoms with Crippen LogP contribution in [-0.4, -0.2) is 35.0 Å². The third-order valence-electron chi connectivity index (χ3n) is 7.04. The molecule has 0 amide bonds. The summed E-state index contributed by atoms with van der Waals surface area (Å²) in [5.74, 6) is 0.940. The monoisotopic (exact) mass is 576 g/mol. The minimum Gasteiger partial charge on any atom is -0.324 e. The van der Waals surface area contributed by atoms with E-state index in [2.05, 4.69) is 118 Å². The number of fused-ring (bicyclic) bond motifs is 3. The average molecular weight is 578 g/mol. The summed E-state index contributed by atoms with van der Waals surface area (Å²) in [7, 11) is 2.21. The second kappa shape index (κ2) is 12.7. The van der Waals surface area contributed by atoms with Crippen LogP contribution in [0.15, 0.2) is 83.5 Å². The van der Waals surface area contributed by atoms with Gasteiger partial charge in [-0.2, -0.15) is 0 Å². The normalized spacial score (nSPS) is 14.0. The van der Waals surface area contributed by atoms with E-state index >= 15 is 0 Å². The lowest BCUT2D eigenvalue weighted by Gasteiger charge is -2.27. The standard InChI is InChI=1S/C31H33BrN4.ClH/c1-3-4-18-36(2)19-17-22-9-15-26(16-10-22)34-31-33-21-24-20-29(23-11-13-25(32)14-12-23)27-7-5-6-8-28(27)30(24)35-31;/h5-16,21,29H,3-4,17-20H2,1-2H3,(H,33,34,35);1H/t29-;/m0./s1. The Kier molecular flexibility index (Phi) is 9.36. The number of halogens is 2. The molecule has 37 heavy (non-hydrogen) atoms. The zero-order valence-electron chi connectivity index (χ0n) is 21.5. The Labute approximate surface area is 235 Å². The molecule has 0 radical (unpaired) electrons. The molecule has 5 rings (SSSR count). The van der Waals surface area contributed by atoms with Crippen molar-refractivity contribution in [3.8, 4) is 11.3 Å². The van der Waals surface area contributed by atoms with Crippen molar-refractivity contribution in [1.29, 1.82) is 0 Å². The molecular weight excluding hydrogens is 544 g/mol. The second-order valence-corrected chi connectivity index (χ2v) is 10.6. The quantitative estimate of drug-likeness (QED) is 0.219. The number of unbranched alkanes of at least 4 members (excludes halogenated alkanes) is 1. The Hall–Kier alpha value is -2.73. The summed E-state index contributed by atoms with van der Waals surface area (Å²) in [4.78, 5) is 12.1. The molecule has 3 aromatic carbocycles. The van der Waals surface area contributed by atoms with Crippen molar-refractivity contribution < 1.29 is 0 Å². The maximum atomic E-state index is 4.97. The summed E-state index contributed by atoms with van der Waals surface area (Å²) >= 11 is 3.56. The molecule has 4 nitrogen and oxygen atoms in total. The Morgan fingerprint density at radius 2 is 1.73 bits per heavy atom. The van der Waals surface area contributed by atoms with E-state index in [1.807, 2.05) is 6.20 Å². The number of nitrogens with zero attached hydrogens (tertiary/aromatic N) is 3. The third-order valence-corrected chi connectivity index (χ3v) is 7.57. The Morgan fingerprint density at radius 1 is 0.973 bits per heavy atom. The summed E-state index contributed by atoms with van der Waals surface area (Å²) in [6, 6.07) is 25.9. The molecule has 1 atom stereocenters. The van der Waals surface area contributed by atoms with Crippen LogP contribution in [0.2, 0.25) is 0 Å². The van der Waals surface area contributed by atoms with Crippen LogP contribution in [0.3, 0.4) is 0 Å². The van der Waals surface area contributed by atoms with Crippen molar-refractivity contribution in [2.24, 2.45) is 0 Å². The van der Waals surface area contributed by atoms with Crippen molar-refractivity contribution in [1.82, 2.24) is 14.9 Å². The fourth-order valence-corrected chi connectivity index (χ4v) is 5.20. The maximum Gasteiger partial charge on any atom is 0.227 e. The topological polar surface area (TPSA) is 41.0 Å². The van der Waals surface area contributed by atoms with Gasteiger partial charge in [-0.1, -0.05) is 77.8 Å². The first-order valence-corrected chi connectivity index (χ1v) is 13.6. The first kappa shape index (κ1) is 27.3. The van der Waals surface area contributed by atoms with Gasteiger partial charge in [0.2, 0.25) is 5.95 Å². The van der Waals surface area contributed by atoms with Crippen molar-refractivity contribution in [3.05, 3.63) is 106 Å². The first-order chi connectivity index (χ1) is 17.6. The van der Waals surface area contributed by atoms with Gasteiger partial charge in [0.05, 0.1) is 5.69 Å². The predicted octanol–water partition coefficient (Wildman–Crippen LogP) is 8.03. The van der Waals surface area contributed by atoms with E-state index in [1.165, 1.54) is 47.2 Å². The molecular formula is C31H34BrClN4. The van der Waals surface area contributed by atoms with Gasteiger partial charge >= 0.3 is 0 Å². The van der Waals surface area contributed by atoms with Crippen molar-refractivity contribution in [3.63, 3.8) is 0 Å². The zero-order chi connectivity index (χ0) is 24.9. The predicted molar refractivity (Wildman–Crippen MR) is 160 cm³/mol. The molecule has 1 aliphatic carbocycles. The van der Waals surface area contributed by atoms with Crippen molar-refractivity contribution in [2.75, 3.05) is 25.5 Å². The fourth-order valence-electron chi connectivity index (χ4n) is 4.93. The molecule has 6 heteroatoms. The van der Waals surface area contributed by atoms with Gasteiger partial charge in [0, 0.05) is 34.4 Å². The van der Waals surface area contributed by atoms with Crippen LogP contribution in [0, 0.1) is 0 Å². The number of hydrogen-bond donors (Lipinski definition) is 1. The molecule has 0 aliphatic heterocycles. The highest BCUT2D eigenvalue weighted by Gasteiger charge is 2.27. The fraction of sp³-hybridized carbons (Fsp3) is 0.290. The summed E-state index contributed by atoms with van der Waals surface area (Å²) < 4.78 is 1.10. The number of benzene rings is 3. The molecule has 192 valence electrons. The lowest BCUT2D eigenvalue weighted by atomic mass is 9.78. The van der Waals surface area contributed by atoms with Gasteiger partial charge < -0.3 is 10.2 Å². The van der Waals surface area contributed by atoms with Crippen LogP contribution in [0.5, 0.6) is 0 Å². The second-order valence-electron chi connectivity index (χ2n) is 9.69. The Balaban J connectivity index is 0.00000320. The smallest absolute Gasteiger partial charge is 0.227 e. The molecule has 1 N–H and O–H groups in total. The number of hydrogen-bond acceptors (Lipinski definition) is 4. The molecule has 0 fully saturated rings. The number of anilines is 2. The van der Waals surface area contributed by atoms with Crippen LogP contribution in [0.4, 0.5) is 11.6 Å². The summed E-state index contributed by atoms with van der Waals surface area (Å²) in [6.07, 6.45) is 6.46. The van der Waals surface area contributed by atoms with E-state index in [9.17, 15) is 0 Å². The molecule has 0 saturated heterocycles. The van der Waals surface area contributed by atoms with E-state index < -0.39 is 0 Å². The highest BCUT2D eigenvalue weighted by Crippen LogP contribution is 2.42. The summed E-state index contributed by atoms with van der Waals surface area (Å²) in [5, 5.41) is 3.42. The number of likely N-dealkylation sites (N-methyl/N-ethyl adjacent to an activating group) is 1. The van der Waals surface area contributed by atoms with E-state index in [0.29, 0.717) is 11.9 Å². The molecule has 0 unspecified atom stereocenters. The van der Waals surface area contributed by atoms with Gasteiger partial charge in [-0.3, -0.25) is 0 Å². The third kappa shape index (κ3) is 6.59. The van der Waals surface area contributed by atoms with E-state index in [4.69, 9.17) is 4.98 Å². The maximum absolute atomic E-state index is 4.97. The molecule has 1 aromatic heterocycles. The summed E-state index contributed by atoms with van der Waals surface area (Å²) in [5.41, 5.74) is 8.41. The summed E-state index contributed by atoms with van der Waals surface area (Å²) in [6.45, 7) is 4.49. The molecule has 0 saturated carbocycles. The van der Waals surface area contributed by atoms with Crippen LogP contribution in [0.25, 0.3) is 11.3 Å². The van der Waals surface area contributed by atoms with Crippen molar-refractivity contribution in [2.45, 2.75) is 38.5 Å². The van der Waals surface area contributed by atoms with Gasteiger partial charge in [-0.25, -0.2) is 9.97 Å². The van der Waals surface area contributed by atoms with Crippen molar-refractivity contribution >= 4 is 40.0 Å². The molecule has 1 aliphatic rings. The Morgan fingerprint density at radius 3 is 2.49 bits per heavy atom. The SMILES string of the molecule is CCCCN(C)CCc1ccc(Nc2ncc3c(n2)-c2ccccc2[C@H](c2ccc(Br)cc2)C3)cc1.Cl. The molecule has 0 bridgehead atoms. The van der Waals surface area contributed by atoms with Gasteiger partial charge in [0.25, 0.3) is 0 Å². The first-order valence-electron chi connectivity index (χ1n) is 12.9. The molecule has 4 aromatic rings. The van der Waals surface area contributed by atoms with E-state index in [-0.39, 0.29) is 12.4 Å². The lowest BCUT2D eigenvalue weighted by molar-refractivity contribution is 0.332. The zero-order valence-corrected chi connectivity index (χ0v) is 23.9. The minimum atomic E-state index is 0. The highest BCUT2D eigenvalue weighted by molar-refractivity contribution is 9.10. The molecule has 1 heterocycles. The largest absolute Gasteiger partial charge is 0.324 e. The number of rotatable bonds is 9. The van der Waals surface area contributed by atoms with Crippen LogP contribution >= 0.6 is 28.3 Å². The van der Waals surface area contributed by atoms with E-state index in [1.54, 1.807) is 0 Å². The number of aromatic nitrogens is 2. The number of nitrogens with one attached hydrogen (secondary N) is 1. The lowest BCUT2D eigenvalue weighted by Crippen LogP contribution is -2.22. The minimum absolute atomic E-state index is 0. The van der Waals surface area contributed by atoms with Gasteiger partial charge in [-0.05, 0) is 79.4 Å². The van der Waals surface area contributed by atoms with Gasteiger partial charge in [-0.15, -0.1) is 12.4 Å². The molecule has 0 spiro atoms. The van der Waals surface area contributed by atoms with Gasteiger partial charge in [0.1, 0.15) is 0 Å². The van der Waals surface area contributed by atoms with E-state index in [0.717, 1.165) is 35.2 Å². The van der Waals surface area contributed by atoms with Crippen LogP contribution in [-0.2, 0) is 12.8 Å².